The van der Waals surface area contributed by atoms with E-state index in [1.807, 2.05) is 0 Å². The highest BCUT2D eigenvalue weighted by atomic mass is 14.0. The minimum Gasteiger partial charge on any atom is -0.0808 e. The molecule has 0 bridgehead atoms. The molecule has 2 heteroatoms. The van der Waals surface area contributed by atoms with Gasteiger partial charge in [-0.1, -0.05) is 53.2 Å². The van der Waals surface area contributed by atoms with Crippen LogP contribution in [0.2, 0.25) is 12.6 Å². The van der Waals surface area contributed by atoms with Crippen LogP contribution in [-0.2, 0) is 0 Å². The summed E-state index contributed by atoms with van der Waals surface area (Å²) in [7, 11) is 2.39. The summed E-state index contributed by atoms with van der Waals surface area (Å²) in [6.07, 6.45) is 5.65. The molecule has 0 aliphatic heterocycles. The molecule has 0 nitrogen and oxygen atoms in total. The molecular weight excluding hydrogens is 142 g/mol. The molecule has 0 spiro atoms. The van der Waals surface area contributed by atoms with Crippen LogP contribution in [0.4, 0.5) is 0 Å². The fraction of sp³-hybridized carbons (Fsp3) is 1.00. The molecule has 0 atom stereocenters. The lowest BCUT2D eigenvalue weighted by Gasteiger charge is -2.11. The lowest BCUT2D eigenvalue weighted by atomic mass is 9.28. The third-order valence-electron chi connectivity index (χ3n) is 2.47. The average Bonchev–Trinajstić information content (AvgIpc) is 1.96. The Bertz CT molecular complexity index is 88.0. The fourth-order valence-electron chi connectivity index (χ4n) is 1.38. The normalized spacial score (nSPS) is 11.2. The second kappa shape index (κ2) is 6.62. The van der Waals surface area contributed by atoms with Gasteiger partial charge in [0.1, 0.15) is 6.60 Å². The molecule has 0 heterocycles. The highest BCUT2D eigenvalue weighted by molar-refractivity contribution is 7.03. The lowest BCUT2D eigenvalue weighted by Crippen LogP contribution is -2.14. The van der Waals surface area contributed by atoms with E-state index in [1.54, 1.807) is 0 Å². The summed E-state index contributed by atoms with van der Waals surface area (Å²) in [5.74, 6) is 1.76. The first-order valence-electron chi connectivity index (χ1n) is 5.52. The van der Waals surface area contributed by atoms with Crippen molar-refractivity contribution in [2.75, 3.05) is 0 Å². The Hall–Kier alpha value is 0.130. The maximum absolute atomic E-state index is 2.39. The van der Waals surface area contributed by atoms with Crippen LogP contribution in [0, 0.1) is 11.8 Å². The van der Waals surface area contributed by atoms with Crippen LogP contribution in [0.15, 0.2) is 0 Å². The molecule has 0 aromatic rings. The molecule has 12 heavy (non-hydrogen) atoms. The summed E-state index contributed by atoms with van der Waals surface area (Å²) in [6, 6.07) is 0. The van der Waals surface area contributed by atoms with E-state index < -0.39 is 0 Å². The molecule has 0 saturated carbocycles. The van der Waals surface area contributed by atoms with Gasteiger partial charge in [-0.05, 0) is 11.8 Å². The van der Waals surface area contributed by atoms with Gasteiger partial charge in [-0.2, -0.15) is 0 Å². The molecular formula is C10H24B2. The Labute approximate surface area is 80.0 Å². The zero-order valence-corrected chi connectivity index (χ0v) is 9.56. The number of rotatable bonds is 6. The Kier molecular flexibility index (Phi) is 6.70. The predicted octanol–water partition coefficient (Wildman–Crippen LogP) is 2.70. The highest BCUT2D eigenvalue weighted by Crippen LogP contribution is 2.12. The largest absolute Gasteiger partial charge is 0.100 e. The predicted molar refractivity (Wildman–Crippen MR) is 62.8 cm³/mol. The molecule has 0 radical (unpaired) electrons. The van der Waals surface area contributed by atoms with Crippen molar-refractivity contribution in [3.63, 3.8) is 0 Å². The van der Waals surface area contributed by atoms with Crippen LogP contribution in [0.5, 0.6) is 0 Å². The standard InChI is InChI=1S/C10H24B2/c1-9(2)5-7-12(11)8-6-10(3)4/h9-10H,5-8,11H2,1-4H3. The van der Waals surface area contributed by atoms with E-state index in [0.29, 0.717) is 0 Å². The van der Waals surface area contributed by atoms with Crippen molar-refractivity contribution >= 4 is 14.3 Å². The van der Waals surface area contributed by atoms with Crippen molar-refractivity contribution in [3.8, 4) is 0 Å². The maximum Gasteiger partial charge on any atom is 0.100 e. The molecule has 0 N–H and O–H groups in total. The van der Waals surface area contributed by atoms with E-state index in [4.69, 9.17) is 0 Å². The molecule has 0 aliphatic carbocycles. The Morgan fingerprint density at radius 1 is 0.917 bits per heavy atom. The fourth-order valence-corrected chi connectivity index (χ4v) is 1.38. The molecule has 0 amide bonds. The van der Waals surface area contributed by atoms with E-state index in [0.717, 1.165) is 18.4 Å². The van der Waals surface area contributed by atoms with Crippen LogP contribution >= 0.6 is 0 Å². The van der Waals surface area contributed by atoms with Gasteiger partial charge in [-0.3, -0.25) is 0 Å². The summed E-state index contributed by atoms with van der Waals surface area (Å²) in [5, 5.41) is 0. The van der Waals surface area contributed by atoms with Gasteiger partial charge in [-0.25, -0.2) is 0 Å². The van der Waals surface area contributed by atoms with Gasteiger partial charge in [-0.15, -0.1) is 0 Å². The molecule has 70 valence electrons. The van der Waals surface area contributed by atoms with Crippen molar-refractivity contribution in [2.45, 2.75) is 53.2 Å². The third kappa shape index (κ3) is 8.23. The molecule has 0 aromatic carbocycles. The van der Waals surface area contributed by atoms with Gasteiger partial charge in [0.05, 0.1) is 7.74 Å². The van der Waals surface area contributed by atoms with E-state index in [9.17, 15) is 0 Å². The second-order valence-electron chi connectivity index (χ2n) is 5.05. The zero-order valence-electron chi connectivity index (χ0n) is 9.56. The van der Waals surface area contributed by atoms with Crippen LogP contribution in [0.1, 0.15) is 40.5 Å². The summed E-state index contributed by atoms with van der Waals surface area (Å²) >= 11 is 0. The first kappa shape index (κ1) is 12.1. The zero-order chi connectivity index (χ0) is 9.56. The quantitative estimate of drug-likeness (QED) is 0.532. The molecule has 0 saturated heterocycles. The smallest absolute Gasteiger partial charge is 0.0808 e. The molecule has 0 aromatic heterocycles. The van der Waals surface area contributed by atoms with Crippen LogP contribution in [0.25, 0.3) is 0 Å². The van der Waals surface area contributed by atoms with Crippen LogP contribution in [0.3, 0.4) is 0 Å². The van der Waals surface area contributed by atoms with Gasteiger partial charge >= 0.3 is 0 Å². The van der Waals surface area contributed by atoms with E-state index in [2.05, 4.69) is 35.4 Å². The van der Waals surface area contributed by atoms with Gasteiger partial charge in [0.15, 0.2) is 0 Å². The maximum atomic E-state index is 2.39. The van der Waals surface area contributed by atoms with Crippen molar-refractivity contribution in [3.05, 3.63) is 0 Å². The summed E-state index contributed by atoms with van der Waals surface area (Å²) < 4.78 is 0. The highest BCUT2D eigenvalue weighted by Gasteiger charge is 2.07. The van der Waals surface area contributed by atoms with Crippen molar-refractivity contribution in [1.29, 1.82) is 0 Å². The van der Waals surface area contributed by atoms with Gasteiger partial charge in [0, 0.05) is 0 Å². The van der Waals surface area contributed by atoms with Crippen molar-refractivity contribution < 1.29 is 0 Å². The summed E-state index contributed by atoms with van der Waals surface area (Å²) in [4.78, 5) is 0. The van der Waals surface area contributed by atoms with Crippen LogP contribution in [-0.4, -0.2) is 14.3 Å². The van der Waals surface area contributed by atoms with E-state index in [-0.39, 0.29) is 0 Å². The van der Waals surface area contributed by atoms with Crippen LogP contribution < -0.4 is 0 Å². The molecule has 0 aliphatic rings. The Balaban J connectivity index is 3.27. The van der Waals surface area contributed by atoms with Crippen molar-refractivity contribution in [1.82, 2.24) is 0 Å². The van der Waals surface area contributed by atoms with Gasteiger partial charge < -0.3 is 0 Å². The summed E-state index contributed by atoms with van der Waals surface area (Å²) in [5.41, 5.74) is 0. The molecule has 0 fully saturated rings. The number of hydrogen-bond acceptors (Lipinski definition) is 0. The third-order valence-corrected chi connectivity index (χ3v) is 2.47. The minimum absolute atomic E-state index is 0.881. The van der Waals surface area contributed by atoms with E-state index >= 15 is 0 Å². The first-order valence-corrected chi connectivity index (χ1v) is 5.52. The molecule has 0 unspecified atom stereocenters. The number of hydrogen-bond donors (Lipinski definition) is 0. The van der Waals surface area contributed by atoms with E-state index in [1.165, 1.54) is 25.5 Å². The van der Waals surface area contributed by atoms with Gasteiger partial charge in [0.2, 0.25) is 0 Å². The second-order valence-corrected chi connectivity index (χ2v) is 5.05. The lowest BCUT2D eigenvalue weighted by molar-refractivity contribution is 0.609. The minimum atomic E-state index is 0.881. The Morgan fingerprint density at radius 3 is 1.50 bits per heavy atom. The van der Waals surface area contributed by atoms with Crippen molar-refractivity contribution in [2.24, 2.45) is 11.8 Å². The SMILES string of the molecule is BB(CCC(C)C)CCC(C)C. The average molecular weight is 166 g/mol. The summed E-state index contributed by atoms with van der Waals surface area (Å²) in [6.45, 7) is 10.2. The molecule has 0 rings (SSSR count). The first-order chi connectivity index (χ1) is 5.52. The van der Waals surface area contributed by atoms with Gasteiger partial charge in [0.25, 0.3) is 0 Å². The Morgan fingerprint density at radius 2 is 1.25 bits per heavy atom. The monoisotopic (exact) mass is 166 g/mol. The topological polar surface area (TPSA) is 0 Å².